The van der Waals surface area contributed by atoms with Crippen molar-refractivity contribution in [3.05, 3.63) is 0 Å². The number of likely N-dealkylation sites (tertiary alicyclic amines) is 1. The molecule has 0 spiro atoms. The van der Waals surface area contributed by atoms with Crippen LogP contribution in [0.15, 0.2) is 0 Å². The van der Waals surface area contributed by atoms with Crippen molar-refractivity contribution in [2.45, 2.75) is 64.5 Å². The monoisotopic (exact) mass is 295 g/mol. The Bertz CT molecular complexity index is 363. The molecule has 0 aromatic heterocycles. The first kappa shape index (κ1) is 16.4. The molecule has 5 heteroatoms. The van der Waals surface area contributed by atoms with E-state index in [9.17, 15) is 9.59 Å². The lowest BCUT2D eigenvalue weighted by Crippen LogP contribution is -2.43. The van der Waals surface area contributed by atoms with E-state index in [0.717, 1.165) is 58.3 Å². The summed E-state index contributed by atoms with van der Waals surface area (Å²) in [5.74, 6) is 0.0304. The highest BCUT2D eigenvalue weighted by atomic mass is 16.2. The van der Waals surface area contributed by atoms with Gasteiger partial charge >= 0.3 is 0 Å². The zero-order chi connectivity index (χ0) is 15.2. The van der Waals surface area contributed by atoms with Gasteiger partial charge < -0.3 is 10.2 Å². The molecule has 2 rings (SSSR count). The van der Waals surface area contributed by atoms with Crippen LogP contribution in [0.5, 0.6) is 0 Å². The zero-order valence-corrected chi connectivity index (χ0v) is 13.4. The second-order valence-corrected chi connectivity index (χ2v) is 6.13. The summed E-state index contributed by atoms with van der Waals surface area (Å²) in [4.78, 5) is 28.4. The largest absolute Gasteiger partial charge is 0.305 e. The van der Waals surface area contributed by atoms with Crippen molar-refractivity contribution < 1.29 is 9.59 Å². The minimum Gasteiger partial charge on any atom is -0.305 e. The van der Waals surface area contributed by atoms with Gasteiger partial charge in [-0.25, -0.2) is 0 Å². The summed E-state index contributed by atoms with van der Waals surface area (Å²) >= 11 is 0. The Balaban J connectivity index is 1.74. The fourth-order valence-electron chi connectivity index (χ4n) is 3.48. The normalized spacial score (nSPS) is 23.8. The van der Waals surface area contributed by atoms with Crippen LogP contribution in [0.1, 0.15) is 52.4 Å². The molecule has 2 aliphatic rings. The van der Waals surface area contributed by atoms with E-state index in [4.69, 9.17) is 0 Å². The number of nitrogens with zero attached hydrogens (tertiary/aromatic N) is 2. The van der Waals surface area contributed by atoms with E-state index in [0.29, 0.717) is 6.42 Å². The molecule has 0 aromatic carbocycles. The lowest BCUT2D eigenvalue weighted by atomic mass is 10.2. The number of carbonyl (C=O) groups excluding carboxylic acids is 2. The highest BCUT2D eigenvalue weighted by Crippen LogP contribution is 2.28. The molecule has 21 heavy (non-hydrogen) atoms. The lowest BCUT2D eigenvalue weighted by molar-refractivity contribution is -0.141. The summed E-state index contributed by atoms with van der Waals surface area (Å²) in [5, 5.41) is 3.28. The number of imide groups is 1. The first-order chi connectivity index (χ1) is 10.2. The van der Waals surface area contributed by atoms with Crippen LogP contribution < -0.4 is 5.32 Å². The predicted molar refractivity (Wildman–Crippen MR) is 82.9 cm³/mol. The molecule has 5 nitrogen and oxygen atoms in total. The van der Waals surface area contributed by atoms with Crippen LogP contribution in [-0.4, -0.2) is 59.9 Å². The Hall–Kier alpha value is -0.940. The number of hydrogen-bond acceptors (Lipinski definition) is 4. The van der Waals surface area contributed by atoms with Crippen LogP contribution in [0.25, 0.3) is 0 Å². The highest BCUT2D eigenvalue weighted by molar-refractivity contribution is 6.05. The first-order valence-corrected chi connectivity index (χ1v) is 8.49. The van der Waals surface area contributed by atoms with Gasteiger partial charge in [0.05, 0.1) is 12.5 Å². The Kier molecular flexibility index (Phi) is 6.18. The first-order valence-electron chi connectivity index (χ1n) is 8.49. The van der Waals surface area contributed by atoms with E-state index >= 15 is 0 Å². The average molecular weight is 295 g/mol. The number of amides is 2. The summed E-state index contributed by atoms with van der Waals surface area (Å²) < 4.78 is 0. The van der Waals surface area contributed by atoms with Crippen molar-refractivity contribution in [1.29, 1.82) is 0 Å². The lowest BCUT2D eigenvalue weighted by Gasteiger charge is -2.22. The van der Waals surface area contributed by atoms with Crippen LogP contribution in [0.4, 0.5) is 0 Å². The van der Waals surface area contributed by atoms with Crippen LogP contribution in [0.3, 0.4) is 0 Å². The maximum atomic E-state index is 12.4. The minimum atomic E-state index is -0.283. The second kappa shape index (κ2) is 7.90. The van der Waals surface area contributed by atoms with Crippen LogP contribution in [0, 0.1) is 0 Å². The quantitative estimate of drug-likeness (QED) is 0.543. The van der Waals surface area contributed by atoms with Crippen molar-refractivity contribution in [2.75, 3.05) is 26.2 Å². The summed E-state index contributed by atoms with van der Waals surface area (Å²) in [6, 6.07) is -0.109. The van der Waals surface area contributed by atoms with Crippen molar-refractivity contribution in [3.63, 3.8) is 0 Å². The molecule has 0 bridgehead atoms. The molecule has 1 atom stereocenters. The zero-order valence-electron chi connectivity index (χ0n) is 13.4. The summed E-state index contributed by atoms with van der Waals surface area (Å²) in [5.41, 5.74) is 0. The van der Waals surface area contributed by atoms with Gasteiger partial charge in [-0.1, -0.05) is 26.7 Å². The van der Waals surface area contributed by atoms with Crippen LogP contribution in [0.2, 0.25) is 0 Å². The van der Waals surface area contributed by atoms with E-state index in [-0.39, 0.29) is 23.9 Å². The van der Waals surface area contributed by atoms with Gasteiger partial charge in [-0.2, -0.15) is 0 Å². The maximum Gasteiger partial charge on any atom is 0.247 e. The third kappa shape index (κ3) is 4.04. The van der Waals surface area contributed by atoms with Gasteiger partial charge in [0, 0.05) is 6.04 Å². The molecule has 2 fully saturated rings. The maximum absolute atomic E-state index is 12.4. The highest BCUT2D eigenvalue weighted by Gasteiger charge is 2.42. The topological polar surface area (TPSA) is 52.7 Å². The molecule has 0 aromatic rings. The van der Waals surface area contributed by atoms with Gasteiger partial charge in [0.15, 0.2) is 0 Å². The third-order valence-corrected chi connectivity index (χ3v) is 4.81. The fourth-order valence-corrected chi connectivity index (χ4v) is 3.48. The molecular formula is C16H29N3O2. The molecule has 1 saturated carbocycles. The van der Waals surface area contributed by atoms with Crippen molar-refractivity contribution in [2.24, 2.45) is 0 Å². The van der Waals surface area contributed by atoms with Crippen molar-refractivity contribution in [3.8, 4) is 0 Å². The molecule has 1 aliphatic carbocycles. The molecular weight excluding hydrogens is 266 g/mol. The Labute approximate surface area is 128 Å². The molecule has 1 aliphatic heterocycles. The standard InChI is InChI=1S/C16H29N3O2/c1-3-18(4-2)11-7-10-17-14-12-15(20)19(16(14)21)13-8-5-6-9-13/h13-14,17H,3-12H2,1-2H3. The van der Waals surface area contributed by atoms with E-state index in [1.54, 1.807) is 4.90 Å². The van der Waals surface area contributed by atoms with Gasteiger partial charge in [-0.15, -0.1) is 0 Å². The van der Waals surface area contributed by atoms with Gasteiger partial charge in [0.1, 0.15) is 0 Å². The van der Waals surface area contributed by atoms with Gasteiger partial charge in [0.25, 0.3) is 0 Å². The van der Waals surface area contributed by atoms with Gasteiger partial charge in [-0.05, 0) is 45.4 Å². The average Bonchev–Trinajstić information content (AvgIpc) is 3.08. The summed E-state index contributed by atoms with van der Waals surface area (Å²) in [6.45, 7) is 8.30. The second-order valence-electron chi connectivity index (χ2n) is 6.13. The Morgan fingerprint density at radius 2 is 1.86 bits per heavy atom. The Morgan fingerprint density at radius 1 is 1.19 bits per heavy atom. The molecule has 1 N–H and O–H groups in total. The molecule has 1 saturated heterocycles. The van der Waals surface area contributed by atoms with Crippen LogP contribution >= 0.6 is 0 Å². The number of hydrogen-bond donors (Lipinski definition) is 1. The molecule has 1 heterocycles. The number of carbonyl (C=O) groups is 2. The third-order valence-electron chi connectivity index (χ3n) is 4.81. The fraction of sp³-hybridized carbons (Fsp3) is 0.875. The SMILES string of the molecule is CCN(CC)CCCNC1CC(=O)N(C2CCCC2)C1=O. The smallest absolute Gasteiger partial charge is 0.247 e. The van der Waals surface area contributed by atoms with Crippen molar-refractivity contribution in [1.82, 2.24) is 15.1 Å². The van der Waals surface area contributed by atoms with Gasteiger partial charge in [-0.3, -0.25) is 14.5 Å². The Morgan fingerprint density at radius 3 is 2.48 bits per heavy atom. The van der Waals surface area contributed by atoms with Crippen molar-refractivity contribution >= 4 is 11.8 Å². The number of nitrogens with one attached hydrogen (secondary N) is 1. The molecule has 2 amide bonds. The van der Waals surface area contributed by atoms with E-state index < -0.39 is 0 Å². The van der Waals surface area contributed by atoms with E-state index in [1.165, 1.54) is 0 Å². The minimum absolute atomic E-state index is 0.00902. The number of rotatable bonds is 8. The van der Waals surface area contributed by atoms with E-state index in [2.05, 4.69) is 24.1 Å². The predicted octanol–water partition coefficient (Wildman–Crippen LogP) is 1.38. The summed E-state index contributed by atoms with van der Waals surface area (Å²) in [7, 11) is 0. The summed E-state index contributed by atoms with van der Waals surface area (Å²) in [6.07, 6.45) is 5.63. The van der Waals surface area contributed by atoms with Crippen LogP contribution in [-0.2, 0) is 9.59 Å². The molecule has 0 radical (unpaired) electrons. The molecule has 1 unspecified atom stereocenters. The van der Waals surface area contributed by atoms with Gasteiger partial charge in [0.2, 0.25) is 11.8 Å². The molecule has 120 valence electrons. The van der Waals surface area contributed by atoms with E-state index in [1.807, 2.05) is 0 Å².